The number of aryl methyl sites for hydroxylation is 2. The van der Waals surface area contributed by atoms with E-state index >= 15 is 0 Å². The molecule has 2 aromatic rings. The van der Waals surface area contributed by atoms with Crippen molar-refractivity contribution in [3.05, 3.63) is 49.5 Å². The molecule has 0 radical (unpaired) electrons. The fourth-order valence-electron chi connectivity index (χ4n) is 4.67. The molecule has 5 nitrogen and oxygen atoms in total. The summed E-state index contributed by atoms with van der Waals surface area (Å²) in [5, 5.41) is 6.26. The van der Waals surface area contributed by atoms with Crippen LogP contribution in [-0.4, -0.2) is 41.1 Å². The van der Waals surface area contributed by atoms with E-state index in [0.717, 1.165) is 38.0 Å². The van der Waals surface area contributed by atoms with Crippen LogP contribution in [0.1, 0.15) is 63.6 Å². The van der Waals surface area contributed by atoms with Gasteiger partial charge in [0.1, 0.15) is 0 Å². The first-order chi connectivity index (χ1) is 15.0. The maximum atomic E-state index is 12.5. The largest absolute Gasteiger partial charge is 0.336 e. The van der Waals surface area contributed by atoms with E-state index in [9.17, 15) is 4.79 Å². The van der Waals surface area contributed by atoms with Crippen LogP contribution in [0.5, 0.6) is 0 Å². The number of thiophene rings is 1. The lowest BCUT2D eigenvalue weighted by Gasteiger charge is -2.40. The van der Waals surface area contributed by atoms with Gasteiger partial charge in [0.25, 0.3) is 0 Å². The van der Waals surface area contributed by atoms with Crippen molar-refractivity contribution in [3.8, 4) is 0 Å². The van der Waals surface area contributed by atoms with Gasteiger partial charge in [-0.1, -0.05) is 6.07 Å². The van der Waals surface area contributed by atoms with Gasteiger partial charge in [0.05, 0.1) is 2.88 Å². The van der Waals surface area contributed by atoms with Gasteiger partial charge in [-0.2, -0.15) is 0 Å². The molecule has 1 aliphatic rings. The number of nitrogens with zero attached hydrogens (tertiary/aromatic N) is 2. The van der Waals surface area contributed by atoms with Crippen molar-refractivity contribution in [3.63, 3.8) is 0 Å². The molecule has 2 atom stereocenters. The summed E-state index contributed by atoms with van der Waals surface area (Å²) < 4.78 is 1.33. The topological polar surface area (TPSA) is 57.3 Å². The molecule has 0 aromatic carbocycles. The molecule has 3 heterocycles. The van der Waals surface area contributed by atoms with Crippen LogP contribution in [0.15, 0.2) is 30.5 Å². The maximum Gasteiger partial charge on any atom is 0.315 e. The molecule has 2 N–H and O–H groups in total. The second kappa shape index (κ2) is 10.4. The SMILES string of the molecule is Cc1ccc(C(C)(C)N2CCC(CCc3ccc(I)s3)([C@@H](C)NC(=O)NC(C)C)C2)cn1. The van der Waals surface area contributed by atoms with E-state index in [4.69, 9.17) is 0 Å². The highest BCUT2D eigenvalue weighted by Gasteiger charge is 2.47. The van der Waals surface area contributed by atoms with E-state index in [1.54, 1.807) is 0 Å². The standard InChI is InChI=1S/C25H37IN4OS/c1-17(2)28-23(31)29-19(4)25(12-11-21-9-10-22(26)32-21)13-14-30(16-25)24(5,6)20-8-7-18(3)27-15-20/h7-10,15,17,19H,11-14,16H2,1-6H3,(H2,28,29,31)/t19-,25?/m1/s1. The third kappa shape index (κ3) is 6.03. The molecule has 32 heavy (non-hydrogen) atoms. The Kier molecular flexibility index (Phi) is 8.25. The Morgan fingerprint density at radius 1 is 1.25 bits per heavy atom. The predicted octanol–water partition coefficient (Wildman–Crippen LogP) is 5.71. The van der Waals surface area contributed by atoms with E-state index in [1.807, 2.05) is 38.3 Å². The summed E-state index contributed by atoms with van der Waals surface area (Å²) in [5.74, 6) is 0. The van der Waals surface area contributed by atoms with Crippen LogP contribution in [0.4, 0.5) is 4.79 Å². The molecule has 2 aromatic heterocycles. The molecular weight excluding hydrogens is 531 g/mol. The zero-order valence-corrected chi connectivity index (χ0v) is 23.1. The molecule has 7 heteroatoms. The number of nitrogens with one attached hydrogen (secondary N) is 2. The van der Waals surface area contributed by atoms with Gasteiger partial charge in [-0.3, -0.25) is 9.88 Å². The maximum absolute atomic E-state index is 12.5. The Hall–Kier alpha value is -1.19. The van der Waals surface area contributed by atoms with Crippen LogP contribution in [0, 0.1) is 15.2 Å². The summed E-state index contributed by atoms with van der Waals surface area (Å²) in [7, 11) is 0. The van der Waals surface area contributed by atoms with Crippen molar-refractivity contribution in [2.75, 3.05) is 13.1 Å². The minimum absolute atomic E-state index is 0.0269. The Balaban J connectivity index is 1.80. The summed E-state index contributed by atoms with van der Waals surface area (Å²) >= 11 is 4.27. The number of likely N-dealkylation sites (tertiary alicyclic amines) is 1. The zero-order chi connectivity index (χ0) is 23.5. The van der Waals surface area contributed by atoms with Crippen molar-refractivity contribution < 1.29 is 4.79 Å². The lowest BCUT2D eigenvalue weighted by molar-refractivity contribution is 0.113. The Morgan fingerprint density at radius 2 is 2.00 bits per heavy atom. The number of hydrogen-bond donors (Lipinski definition) is 2. The summed E-state index contributed by atoms with van der Waals surface area (Å²) in [6.07, 6.45) is 5.19. The Morgan fingerprint density at radius 3 is 2.59 bits per heavy atom. The van der Waals surface area contributed by atoms with Gasteiger partial charge >= 0.3 is 6.03 Å². The molecule has 1 fully saturated rings. The number of urea groups is 1. The van der Waals surface area contributed by atoms with E-state index in [2.05, 4.69) is 88.1 Å². The fraction of sp³-hybridized carbons (Fsp3) is 0.600. The van der Waals surface area contributed by atoms with E-state index < -0.39 is 0 Å². The molecular formula is C25H37IN4OS. The smallest absolute Gasteiger partial charge is 0.315 e. The van der Waals surface area contributed by atoms with Crippen LogP contribution in [-0.2, 0) is 12.0 Å². The first-order valence-corrected chi connectivity index (χ1v) is 13.4. The molecule has 3 rings (SSSR count). The molecule has 0 saturated carbocycles. The minimum atomic E-state index is -0.110. The molecule has 0 spiro atoms. The van der Waals surface area contributed by atoms with Crippen LogP contribution in [0.25, 0.3) is 0 Å². The van der Waals surface area contributed by atoms with Crippen LogP contribution < -0.4 is 10.6 Å². The monoisotopic (exact) mass is 568 g/mol. The molecule has 0 aliphatic carbocycles. The number of halogens is 1. The second-order valence-corrected chi connectivity index (χ2v) is 13.0. The van der Waals surface area contributed by atoms with Gasteiger partial charge in [0.15, 0.2) is 0 Å². The number of carbonyl (C=O) groups is 1. The van der Waals surface area contributed by atoms with Crippen LogP contribution >= 0.6 is 33.9 Å². The van der Waals surface area contributed by atoms with Crippen molar-refractivity contribution >= 4 is 40.0 Å². The first kappa shape index (κ1) is 25.4. The molecule has 1 saturated heterocycles. The summed E-state index contributed by atoms with van der Waals surface area (Å²) in [5.41, 5.74) is 2.20. The molecule has 1 unspecified atom stereocenters. The number of carbonyl (C=O) groups excluding carboxylic acids is 1. The highest BCUT2D eigenvalue weighted by atomic mass is 127. The first-order valence-electron chi connectivity index (χ1n) is 11.5. The Labute approximate surface area is 210 Å². The van der Waals surface area contributed by atoms with Crippen molar-refractivity contribution in [2.45, 2.75) is 78.4 Å². The average molecular weight is 569 g/mol. The van der Waals surface area contributed by atoms with Crippen LogP contribution in [0.2, 0.25) is 0 Å². The van der Waals surface area contributed by atoms with E-state index in [1.165, 1.54) is 13.3 Å². The van der Waals surface area contributed by atoms with Gasteiger partial charge in [-0.25, -0.2) is 4.79 Å². The molecule has 1 aliphatic heterocycles. The number of pyridine rings is 1. The predicted molar refractivity (Wildman–Crippen MR) is 142 cm³/mol. The average Bonchev–Trinajstić information content (AvgIpc) is 3.33. The molecule has 176 valence electrons. The van der Waals surface area contributed by atoms with Crippen molar-refractivity contribution in [1.29, 1.82) is 0 Å². The van der Waals surface area contributed by atoms with Gasteiger partial charge < -0.3 is 10.6 Å². The highest BCUT2D eigenvalue weighted by Crippen LogP contribution is 2.44. The van der Waals surface area contributed by atoms with Gasteiger partial charge in [-0.15, -0.1) is 11.3 Å². The summed E-state index contributed by atoms with van der Waals surface area (Å²) in [6.45, 7) is 14.8. The Bertz CT molecular complexity index is 911. The van der Waals surface area contributed by atoms with Gasteiger partial charge in [0, 0.05) is 46.4 Å². The van der Waals surface area contributed by atoms with E-state index in [-0.39, 0.29) is 29.1 Å². The normalized spacial score (nSPS) is 20.5. The molecule has 2 amide bonds. The van der Waals surface area contributed by atoms with Gasteiger partial charge in [0.2, 0.25) is 0 Å². The van der Waals surface area contributed by atoms with Crippen molar-refractivity contribution in [1.82, 2.24) is 20.5 Å². The zero-order valence-electron chi connectivity index (χ0n) is 20.2. The third-order valence-corrected chi connectivity index (χ3v) is 8.93. The van der Waals surface area contributed by atoms with Crippen LogP contribution in [0.3, 0.4) is 0 Å². The number of amides is 2. The second-order valence-electron chi connectivity index (χ2n) is 9.98. The summed E-state index contributed by atoms with van der Waals surface area (Å²) in [6, 6.07) is 8.87. The summed E-state index contributed by atoms with van der Waals surface area (Å²) in [4.78, 5) is 21.1. The van der Waals surface area contributed by atoms with Crippen molar-refractivity contribution in [2.24, 2.45) is 5.41 Å². The van der Waals surface area contributed by atoms with E-state index in [0.29, 0.717) is 0 Å². The number of rotatable bonds is 8. The lowest BCUT2D eigenvalue weighted by Crippen LogP contribution is -2.52. The lowest BCUT2D eigenvalue weighted by atomic mass is 9.75. The van der Waals surface area contributed by atoms with Gasteiger partial charge in [-0.05, 0) is 114 Å². The minimum Gasteiger partial charge on any atom is -0.336 e. The molecule has 0 bridgehead atoms. The fourth-order valence-corrected chi connectivity index (χ4v) is 6.43. The quantitative estimate of drug-likeness (QED) is 0.401. The number of hydrogen-bond acceptors (Lipinski definition) is 4. The number of aromatic nitrogens is 1. The third-order valence-electron chi connectivity index (χ3n) is 6.98. The highest BCUT2D eigenvalue weighted by molar-refractivity contribution is 14.1.